The van der Waals surface area contributed by atoms with E-state index >= 15 is 0 Å². The quantitative estimate of drug-likeness (QED) is 0.117. The molecular formula is C26H32N8O6. The highest BCUT2D eigenvalue weighted by Gasteiger charge is 2.26. The standard InChI is InChI=1S/C26H32N8O6/c27-33(24-23(29-37)25(35)19-3-1-6-28-22(19)26(24)36)8-2-7-30-9-11-31(12-10-30)18-4-5-20(34(38)39)21(17-18)32-13-15-40-16-14-32/h1,3-6,17,35-36H,2,7-16,27H2. The SMILES string of the molecule is NN(CCCN1CCN(c2ccc([N+](=O)[O-])c(N3CCOCC3)c2)CC1)c1c(N=O)c(O)c2cccnc2c1O. The van der Waals surface area contributed by atoms with Gasteiger partial charge in [-0.05, 0) is 35.9 Å². The minimum absolute atomic E-state index is 0.0576. The largest absolute Gasteiger partial charge is 0.505 e. The van der Waals surface area contributed by atoms with Crippen molar-refractivity contribution >= 4 is 39.3 Å². The highest BCUT2D eigenvalue weighted by molar-refractivity contribution is 6.01. The number of ether oxygens (including phenoxy) is 1. The Kier molecular flexibility index (Phi) is 8.09. The number of hydrazine groups is 1. The number of pyridine rings is 1. The maximum atomic E-state index is 11.6. The zero-order valence-electron chi connectivity index (χ0n) is 22.0. The monoisotopic (exact) mass is 552 g/mol. The lowest BCUT2D eigenvalue weighted by atomic mass is 10.1. The minimum atomic E-state index is -0.375. The van der Waals surface area contributed by atoms with Crippen molar-refractivity contribution in [2.75, 3.05) is 80.4 Å². The van der Waals surface area contributed by atoms with Crippen molar-refractivity contribution in [2.45, 2.75) is 6.42 Å². The number of nitrogens with zero attached hydrogens (tertiary/aromatic N) is 7. The van der Waals surface area contributed by atoms with Gasteiger partial charge in [0.15, 0.2) is 17.2 Å². The summed E-state index contributed by atoms with van der Waals surface area (Å²) in [7, 11) is 0. The van der Waals surface area contributed by atoms with Crippen molar-refractivity contribution in [3.05, 3.63) is 51.6 Å². The van der Waals surface area contributed by atoms with Crippen LogP contribution in [0.4, 0.5) is 28.4 Å². The first-order chi connectivity index (χ1) is 19.4. The summed E-state index contributed by atoms with van der Waals surface area (Å²) >= 11 is 0. The lowest BCUT2D eigenvalue weighted by Gasteiger charge is -2.37. The van der Waals surface area contributed by atoms with Crippen molar-refractivity contribution in [3.63, 3.8) is 0 Å². The molecule has 14 heteroatoms. The van der Waals surface area contributed by atoms with E-state index in [0.717, 1.165) is 38.4 Å². The zero-order valence-corrected chi connectivity index (χ0v) is 22.0. The van der Waals surface area contributed by atoms with Crippen LogP contribution in [0, 0.1) is 15.0 Å². The number of hydrogen-bond acceptors (Lipinski definition) is 13. The molecule has 2 aromatic carbocycles. The van der Waals surface area contributed by atoms with Crippen LogP contribution in [-0.2, 0) is 4.74 Å². The van der Waals surface area contributed by atoms with Gasteiger partial charge in [-0.15, -0.1) is 4.91 Å². The van der Waals surface area contributed by atoms with E-state index in [1.807, 2.05) is 17.0 Å². The first-order valence-corrected chi connectivity index (χ1v) is 13.2. The van der Waals surface area contributed by atoms with Gasteiger partial charge in [-0.3, -0.25) is 20.0 Å². The Balaban J connectivity index is 1.19. The fraction of sp³-hybridized carbons (Fsp3) is 0.423. The van der Waals surface area contributed by atoms with Gasteiger partial charge < -0.3 is 29.8 Å². The number of aromatic hydroxyl groups is 2. The maximum Gasteiger partial charge on any atom is 0.292 e. The van der Waals surface area contributed by atoms with Crippen molar-refractivity contribution < 1.29 is 19.9 Å². The molecule has 0 saturated carbocycles. The topological polar surface area (TPSA) is 174 Å². The van der Waals surface area contributed by atoms with Gasteiger partial charge in [0.2, 0.25) is 0 Å². The van der Waals surface area contributed by atoms with Crippen LogP contribution in [0.25, 0.3) is 10.9 Å². The third-order valence-corrected chi connectivity index (χ3v) is 7.46. The Morgan fingerprint density at radius 3 is 2.52 bits per heavy atom. The summed E-state index contributed by atoms with van der Waals surface area (Å²) in [6.45, 7) is 6.47. The van der Waals surface area contributed by atoms with Crippen LogP contribution >= 0.6 is 0 Å². The third-order valence-electron chi connectivity index (χ3n) is 7.46. The Bertz CT molecular complexity index is 1390. The van der Waals surface area contributed by atoms with E-state index in [9.17, 15) is 25.2 Å². The molecule has 5 rings (SSSR count). The highest BCUT2D eigenvalue weighted by atomic mass is 16.6. The maximum absolute atomic E-state index is 11.6. The molecule has 1 aromatic heterocycles. The lowest BCUT2D eigenvalue weighted by Crippen LogP contribution is -2.47. The summed E-state index contributed by atoms with van der Waals surface area (Å²) in [5.74, 6) is 5.52. The molecule has 0 bridgehead atoms. The van der Waals surface area contributed by atoms with Crippen molar-refractivity contribution in [3.8, 4) is 11.5 Å². The van der Waals surface area contributed by atoms with Crippen LogP contribution in [0.15, 0.2) is 41.7 Å². The van der Waals surface area contributed by atoms with Gasteiger partial charge in [-0.1, -0.05) is 0 Å². The van der Waals surface area contributed by atoms with E-state index in [4.69, 9.17) is 10.6 Å². The second-order valence-corrected chi connectivity index (χ2v) is 9.79. The number of aromatic nitrogens is 1. The molecule has 212 valence electrons. The molecule has 3 heterocycles. The summed E-state index contributed by atoms with van der Waals surface area (Å²) in [6, 6.07) is 8.42. The molecule has 0 radical (unpaired) electrons. The smallest absolute Gasteiger partial charge is 0.292 e. The number of nitroso groups, excluding NO2 is 1. The average molecular weight is 553 g/mol. The number of phenols is 2. The zero-order chi connectivity index (χ0) is 28.2. The molecule has 40 heavy (non-hydrogen) atoms. The van der Waals surface area contributed by atoms with Crippen LogP contribution in [0.3, 0.4) is 0 Å². The van der Waals surface area contributed by atoms with Crippen molar-refractivity contribution in [1.29, 1.82) is 0 Å². The Hall–Kier alpha value is -4.27. The second kappa shape index (κ2) is 11.9. The molecule has 2 aliphatic heterocycles. The first kappa shape index (κ1) is 27.3. The minimum Gasteiger partial charge on any atom is -0.505 e. The number of fused-ring (bicyclic) bond motifs is 1. The van der Waals surface area contributed by atoms with Gasteiger partial charge in [0, 0.05) is 75.7 Å². The number of rotatable bonds is 9. The van der Waals surface area contributed by atoms with Gasteiger partial charge in [-0.2, -0.15) is 0 Å². The summed E-state index contributed by atoms with van der Waals surface area (Å²) < 4.78 is 5.41. The molecule has 0 spiro atoms. The fourth-order valence-corrected chi connectivity index (χ4v) is 5.33. The number of morpholine rings is 1. The van der Waals surface area contributed by atoms with Crippen molar-refractivity contribution in [1.82, 2.24) is 9.88 Å². The molecule has 4 N–H and O–H groups in total. The van der Waals surface area contributed by atoms with Crippen LogP contribution < -0.4 is 20.7 Å². The van der Waals surface area contributed by atoms with Crippen molar-refractivity contribution in [2.24, 2.45) is 11.0 Å². The number of hydrogen-bond donors (Lipinski definition) is 3. The number of nitro benzene ring substituents is 1. The number of anilines is 3. The molecule has 0 aliphatic carbocycles. The first-order valence-electron chi connectivity index (χ1n) is 13.2. The van der Waals surface area contributed by atoms with E-state index in [1.165, 1.54) is 17.3 Å². The Morgan fingerprint density at radius 1 is 1.07 bits per heavy atom. The third kappa shape index (κ3) is 5.41. The highest BCUT2D eigenvalue weighted by Crippen LogP contribution is 2.48. The van der Waals surface area contributed by atoms with E-state index in [0.29, 0.717) is 45.0 Å². The normalized spacial score (nSPS) is 16.3. The molecule has 2 aliphatic rings. The Labute approximate surface area is 230 Å². The van der Waals surface area contributed by atoms with Crippen LogP contribution in [0.5, 0.6) is 11.5 Å². The summed E-state index contributed by atoms with van der Waals surface area (Å²) in [5, 5.41) is 37.2. The number of nitro groups is 1. The molecular weight excluding hydrogens is 520 g/mol. The molecule has 14 nitrogen and oxygen atoms in total. The molecule has 0 amide bonds. The van der Waals surface area contributed by atoms with Crippen LogP contribution in [-0.4, -0.2) is 90.6 Å². The van der Waals surface area contributed by atoms with E-state index in [1.54, 1.807) is 12.1 Å². The summed E-state index contributed by atoms with van der Waals surface area (Å²) in [6.07, 6.45) is 2.11. The molecule has 2 saturated heterocycles. The summed E-state index contributed by atoms with van der Waals surface area (Å²) in [5.41, 5.74) is 1.43. The molecule has 2 fully saturated rings. The molecule has 0 atom stereocenters. The Morgan fingerprint density at radius 2 is 1.82 bits per heavy atom. The van der Waals surface area contributed by atoms with Gasteiger partial charge >= 0.3 is 0 Å². The average Bonchev–Trinajstić information content (AvgIpc) is 2.99. The molecule has 3 aromatic rings. The van der Waals surface area contributed by atoms with E-state index in [-0.39, 0.29) is 44.4 Å². The van der Waals surface area contributed by atoms with Gasteiger partial charge in [0.25, 0.3) is 5.69 Å². The van der Waals surface area contributed by atoms with Gasteiger partial charge in [-0.25, -0.2) is 5.84 Å². The van der Waals surface area contributed by atoms with E-state index in [2.05, 4.69) is 20.0 Å². The van der Waals surface area contributed by atoms with Gasteiger partial charge in [0.05, 0.1) is 18.1 Å². The predicted octanol–water partition coefficient (Wildman–Crippen LogP) is 2.68. The van der Waals surface area contributed by atoms with Gasteiger partial charge in [0.1, 0.15) is 16.9 Å². The number of phenolic OH excluding ortho intramolecular Hbond substituents is 2. The number of benzene rings is 2. The van der Waals surface area contributed by atoms with Crippen LogP contribution in [0.2, 0.25) is 0 Å². The second-order valence-electron chi connectivity index (χ2n) is 9.79. The predicted molar refractivity (Wildman–Crippen MR) is 151 cm³/mol. The molecule has 0 unspecified atom stereocenters. The fourth-order valence-electron chi connectivity index (χ4n) is 5.33. The lowest BCUT2D eigenvalue weighted by molar-refractivity contribution is -0.384. The number of nitrogens with two attached hydrogens (primary N) is 1. The van der Waals surface area contributed by atoms with Crippen LogP contribution in [0.1, 0.15) is 6.42 Å². The number of piperazine rings is 1. The summed E-state index contributed by atoms with van der Waals surface area (Å²) in [4.78, 5) is 33.4. The van der Waals surface area contributed by atoms with E-state index < -0.39 is 0 Å².